The minimum Gasteiger partial charge on any atom is -0.396 e. The summed E-state index contributed by atoms with van der Waals surface area (Å²) in [6.45, 7) is 2.76. The van der Waals surface area contributed by atoms with Crippen LogP contribution in [0.25, 0.3) is 0 Å². The van der Waals surface area contributed by atoms with Gasteiger partial charge in [0, 0.05) is 6.61 Å². The van der Waals surface area contributed by atoms with E-state index in [0.29, 0.717) is 12.5 Å². The molecule has 2 rings (SSSR count). The molecule has 0 saturated heterocycles. The molecule has 0 aromatic rings. The van der Waals surface area contributed by atoms with Crippen molar-refractivity contribution in [1.29, 1.82) is 0 Å². The molecule has 2 aliphatic carbocycles. The fraction of sp³-hybridized carbons (Fsp3) is 1.00. The third-order valence-corrected chi connectivity index (χ3v) is 4.37. The minimum absolute atomic E-state index is 0.399. The van der Waals surface area contributed by atoms with Crippen molar-refractivity contribution in [3.63, 3.8) is 0 Å². The van der Waals surface area contributed by atoms with Gasteiger partial charge in [-0.3, -0.25) is 0 Å². The highest BCUT2D eigenvalue weighted by molar-refractivity contribution is 4.78. The Labute approximate surface area is 93.5 Å². The first-order valence-corrected chi connectivity index (χ1v) is 6.71. The molecule has 2 aliphatic rings. The molecule has 88 valence electrons. The molecule has 0 bridgehead atoms. The van der Waals surface area contributed by atoms with E-state index < -0.39 is 0 Å². The summed E-state index contributed by atoms with van der Waals surface area (Å²) < 4.78 is 0. The van der Waals surface area contributed by atoms with Crippen LogP contribution in [0.2, 0.25) is 0 Å². The molecule has 0 heterocycles. The van der Waals surface area contributed by atoms with Gasteiger partial charge in [0.15, 0.2) is 0 Å². The van der Waals surface area contributed by atoms with Crippen LogP contribution in [0.1, 0.15) is 44.9 Å². The van der Waals surface area contributed by atoms with E-state index in [4.69, 9.17) is 0 Å². The second kappa shape index (κ2) is 5.86. The van der Waals surface area contributed by atoms with Gasteiger partial charge in [-0.15, -0.1) is 0 Å². The van der Waals surface area contributed by atoms with E-state index in [9.17, 15) is 5.11 Å². The van der Waals surface area contributed by atoms with Crippen molar-refractivity contribution < 1.29 is 5.11 Å². The zero-order valence-electron chi connectivity index (χ0n) is 9.75. The summed E-state index contributed by atoms with van der Waals surface area (Å²) >= 11 is 0. The molecule has 2 heteroatoms. The Hall–Kier alpha value is -0.0800. The second-order valence-corrected chi connectivity index (χ2v) is 5.44. The SMILES string of the molecule is OCC1CCCCC1CNCC1CCC1. The molecular weight excluding hydrogens is 186 g/mol. The fourth-order valence-electron chi connectivity index (χ4n) is 2.96. The highest BCUT2D eigenvalue weighted by Crippen LogP contribution is 2.29. The average molecular weight is 211 g/mol. The van der Waals surface area contributed by atoms with Gasteiger partial charge in [0.1, 0.15) is 0 Å². The molecule has 0 amide bonds. The Balaban J connectivity index is 1.62. The minimum atomic E-state index is 0.399. The van der Waals surface area contributed by atoms with Gasteiger partial charge in [0.25, 0.3) is 0 Å². The first kappa shape index (κ1) is 11.4. The Morgan fingerprint density at radius 2 is 1.60 bits per heavy atom. The van der Waals surface area contributed by atoms with Crippen LogP contribution in [-0.2, 0) is 0 Å². The molecule has 2 unspecified atom stereocenters. The number of nitrogens with one attached hydrogen (secondary N) is 1. The normalized spacial score (nSPS) is 32.6. The van der Waals surface area contributed by atoms with Crippen LogP contribution in [0.5, 0.6) is 0 Å². The molecule has 0 aromatic heterocycles. The van der Waals surface area contributed by atoms with E-state index in [2.05, 4.69) is 5.32 Å². The van der Waals surface area contributed by atoms with Gasteiger partial charge in [-0.05, 0) is 56.5 Å². The van der Waals surface area contributed by atoms with E-state index in [-0.39, 0.29) is 0 Å². The van der Waals surface area contributed by atoms with Gasteiger partial charge in [-0.2, -0.15) is 0 Å². The van der Waals surface area contributed by atoms with Gasteiger partial charge < -0.3 is 10.4 Å². The summed E-state index contributed by atoms with van der Waals surface area (Å²) in [7, 11) is 0. The molecule has 2 N–H and O–H groups in total. The Bertz CT molecular complexity index is 179. The predicted octanol–water partition coefficient (Wildman–Crippen LogP) is 2.17. The maximum Gasteiger partial charge on any atom is 0.0462 e. The third kappa shape index (κ3) is 3.18. The molecule has 0 radical (unpaired) electrons. The average Bonchev–Trinajstić information content (AvgIpc) is 2.22. The van der Waals surface area contributed by atoms with Crippen molar-refractivity contribution in [2.45, 2.75) is 44.9 Å². The van der Waals surface area contributed by atoms with Crippen molar-refractivity contribution in [3.8, 4) is 0 Å². The van der Waals surface area contributed by atoms with E-state index in [1.165, 1.54) is 51.5 Å². The third-order valence-electron chi connectivity index (χ3n) is 4.37. The van der Waals surface area contributed by atoms with Crippen LogP contribution in [0.3, 0.4) is 0 Å². The predicted molar refractivity (Wildman–Crippen MR) is 62.7 cm³/mol. The van der Waals surface area contributed by atoms with Crippen LogP contribution in [0, 0.1) is 17.8 Å². The standard InChI is InChI=1S/C13H25NO/c15-10-13-7-2-1-6-12(13)9-14-8-11-4-3-5-11/h11-15H,1-10H2. The lowest BCUT2D eigenvalue weighted by molar-refractivity contribution is 0.131. The number of aliphatic hydroxyl groups is 1. The van der Waals surface area contributed by atoms with Crippen molar-refractivity contribution in [2.24, 2.45) is 17.8 Å². The van der Waals surface area contributed by atoms with Gasteiger partial charge in [-0.25, -0.2) is 0 Å². The molecule has 0 aromatic carbocycles. The van der Waals surface area contributed by atoms with Crippen LogP contribution in [0.15, 0.2) is 0 Å². The lowest BCUT2D eigenvalue weighted by Gasteiger charge is -2.32. The molecular formula is C13H25NO. The quantitative estimate of drug-likeness (QED) is 0.730. The lowest BCUT2D eigenvalue weighted by atomic mass is 9.79. The molecule has 2 nitrogen and oxygen atoms in total. The smallest absolute Gasteiger partial charge is 0.0462 e. The van der Waals surface area contributed by atoms with Crippen molar-refractivity contribution in [1.82, 2.24) is 5.32 Å². The van der Waals surface area contributed by atoms with Crippen LogP contribution in [-0.4, -0.2) is 24.8 Å². The topological polar surface area (TPSA) is 32.3 Å². The van der Waals surface area contributed by atoms with E-state index in [0.717, 1.165) is 18.4 Å². The summed E-state index contributed by atoms with van der Waals surface area (Å²) in [4.78, 5) is 0. The van der Waals surface area contributed by atoms with Gasteiger partial charge >= 0.3 is 0 Å². The first-order chi connectivity index (χ1) is 7.40. The molecule has 2 atom stereocenters. The van der Waals surface area contributed by atoms with Gasteiger partial charge in [-0.1, -0.05) is 19.3 Å². The van der Waals surface area contributed by atoms with E-state index >= 15 is 0 Å². The summed E-state index contributed by atoms with van der Waals surface area (Å²) in [6.07, 6.45) is 9.56. The Kier molecular flexibility index (Phi) is 4.45. The highest BCUT2D eigenvalue weighted by Gasteiger charge is 2.24. The zero-order valence-corrected chi connectivity index (χ0v) is 9.75. The van der Waals surface area contributed by atoms with Crippen LogP contribution in [0.4, 0.5) is 0 Å². The van der Waals surface area contributed by atoms with Crippen molar-refractivity contribution in [2.75, 3.05) is 19.7 Å². The maximum absolute atomic E-state index is 9.30. The number of hydrogen-bond acceptors (Lipinski definition) is 2. The van der Waals surface area contributed by atoms with Gasteiger partial charge in [0.2, 0.25) is 0 Å². The summed E-state index contributed by atoms with van der Waals surface area (Å²) in [5.74, 6) is 2.28. The summed E-state index contributed by atoms with van der Waals surface area (Å²) in [6, 6.07) is 0. The lowest BCUT2D eigenvalue weighted by Crippen LogP contribution is -2.35. The number of aliphatic hydroxyl groups excluding tert-OH is 1. The molecule has 2 saturated carbocycles. The Morgan fingerprint density at radius 3 is 2.20 bits per heavy atom. The maximum atomic E-state index is 9.30. The van der Waals surface area contributed by atoms with Crippen molar-refractivity contribution in [3.05, 3.63) is 0 Å². The second-order valence-electron chi connectivity index (χ2n) is 5.44. The molecule has 2 fully saturated rings. The van der Waals surface area contributed by atoms with Crippen LogP contribution < -0.4 is 5.32 Å². The highest BCUT2D eigenvalue weighted by atomic mass is 16.3. The van der Waals surface area contributed by atoms with Crippen molar-refractivity contribution >= 4 is 0 Å². The number of rotatable bonds is 5. The van der Waals surface area contributed by atoms with E-state index in [1.807, 2.05) is 0 Å². The Morgan fingerprint density at radius 1 is 0.867 bits per heavy atom. The molecule has 0 spiro atoms. The largest absolute Gasteiger partial charge is 0.396 e. The zero-order chi connectivity index (χ0) is 10.5. The van der Waals surface area contributed by atoms with Crippen LogP contribution >= 0.6 is 0 Å². The molecule has 0 aliphatic heterocycles. The summed E-state index contributed by atoms with van der Waals surface area (Å²) in [5, 5.41) is 12.9. The van der Waals surface area contributed by atoms with Gasteiger partial charge in [0.05, 0.1) is 0 Å². The fourth-order valence-corrected chi connectivity index (χ4v) is 2.96. The first-order valence-electron chi connectivity index (χ1n) is 6.71. The van der Waals surface area contributed by atoms with E-state index in [1.54, 1.807) is 0 Å². The summed E-state index contributed by atoms with van der Waals surface area (Å²) in [5.41, 5.74) is 0. The molecule has 15 heavy (non-hydrogen) atoms. The number of hydrogen-bond donors (Lipinski definition) is 2. The monoisotopic (exact) mass is 211 g/mol.